The number of carboxylic acids is 1. The van der Waals surface area contributed by atoms with E-state index in [-0.39, 0.29) is 4.90 Å². The summed E-state index contributed by atoms with van der Waals surface area (Å²) in [6.45, 7) is 0. The number of aliphatic carboxylic acids is 1. The standard InChI is InChI=1S/C10H9ClO4S/c11-16(14,15)9-2-1-6-3-8(10(12)13)4-7(6)5-9/h1-2,5,8H,3-4H2,(H,12,13). The predicted octanol–water partition coefficient (Wildman–Crippen LogP) is 1.41. The van der Waals surface area contributed by atoms with Crippen LogP contribution >= 0.6 is 10.7 Å². The predicted molar refractivity (Wildman–Crippen MR) is 58.0 cm³/mol. The number of hydrogen-bond donors (Lipinski definition) is 1. The molecule has 4 nitrogen and oxygen atoms in total. The van der Waals surface area contributed by atoms with Gasteiger partial charge in [0.1, 0.15) is 0 Å². The molecule has 0 aromatic heterocycles. The highest BCUT2D eigenvalue weighted by molar-refractivity contribution is 8.13. The van der Waals surface area contributed by atoms with Gasteiger partial charge in [-0.15, -0.1) is 0 Å². The lowest BCUT2D eigenvalue weighted by Gasteiger charge is -2.00. The smallest absolute Gasteiger partial charge is 0.307 e. The Morgan fingerprint density at radius 2 is 1.94 bits per heavy atom. The number of benzene rings is 1. The fourth-order valence-corrected chi connectivity index (χ4v) is 2.72. The molecule has 0 saturated carbocycles. The van der Waals surface area contributed by atoms with Crippen molar-refractivity contribution in [1.82, 2.24) is 0 Å². The molecule has 1 unspecified atom stereocenters. The molecule has 0 fully saturated rings. The second kappa shape index (κ2) is 3.75. The van der Waals surface area contributed by atoms with Crippen molar-refractivity contribution in [3.05, 3.63) is 29.3 Å². The van der Waals surface area contributed by atoms with Crippen LogP contribution in [0, 0.1) is 5.92 Å². The zero-order valence-electron chi connectivity index (χ0n) is 8.18. The van der Waals surface area contributed by atoms with Crippen LogP contribution in [-0.2, 0) is 26.7 Å². The Kier molecular flexibility index (Phi) is 2.67. The lowest BCUT2D eigenvalue weighted by atomic mass is 10.1. The zero-order valence-corrected chi connectivity index (χ0v) is 9.75. The van der Waals surface area contributed by atoms with Crippen LogP contribution in [0.5, 0.6) is 0 Å². The van der Waals surface area contributed by atoms with Crippen molar-refractivity contribution in [2.24, 2.45) is 5.92 Å². The van der Waals surface area contributed by atoms with Crippen LogP contribution in [0.4, 0.5) is 0 Å². The highest BCUT2D eigenvalue weighted by Gasteiger charge is 2.28. The van der Waals surface area contributed by atoms with Gasteiger partial charge in [0.15, 0.2) is 0 Å². The molecular weight excluding hydrogens is 252 g/mol. The van der Waals surface area contributed by atoms with Gasteiger partial charge in [0.25, 0.3) is 9.05 Å². The SMILES string of the molecule is O=C(O)C1Cc2ccc(S(=O)(=O)Cl)cc2C1. The average molecular weight is 261 g/mol. The Morgan fingerprint density at radius 3 is 2.50 bits per heavy atom. The van der Waals surface area contributed by atoms with Crippen LogP contribution in [0.1, 0.15) is 11.1 Å². The Hall–Kier alpha value is -1.07. The first-order valence-corrected chi connectivity index (χ1v) is 6.98. The second-order valence-electron chi connectivity index (χ2n) is 3.81. The van der Waals surface area contributed by atoms with E-state index in [9.17, 15) is 13.2 Å². The van der Waals surface area contributed by atoms with Crippen LogP contribution in [0.25, 0.3) is 0 Å². The molecule has 6 heteroatoms. The zero-order chi connectivity index (χ0) is 11.9. The number of halogens is 1. The van der Waals surface area contributed by atoms with Crippen LogP contribution in [0.2, 0.25) is 0 Å². The van der Waals surface area contributed by atoms with Crippen molar-refractivity contribution >= 4 is 25.7 Å². The third kappa shape index (κ3) is 2.05. The van der Waals surface area contributed by atoms with Gasteiger partial charge in [-0.2, -0.15) is 0 Å². The highest BCUT2D eigenvalue weighted by Crippen LogP contribution is 2.29. The first kappa shape index (κ1) is 11.4. The molecule has 1 aromatic rings. The normalized spacial score (nSPS) is 19.4. The Morgan fingerprint density at radius 1 is 1.31 bits per heavy atom. The molecule has 1 N–H and O–H groups in total. The van der Waals surface area contributed by atoms with Gasteiger partial charge in [-0.3, -0.25) is 4.79 Å². The molecule has 2 rings (SSSR count). The van der Waals surface area contributed by atoms with Gasteiger partial charge in [0, 0.05) is 10.7 Å². The minimum absolute atomic E-state index is 0.0268. The molecule has 1 aliphatic rings. The number of carbonyl (C=O) groups is 1. The lowest BCUT2D eigenvalue weighted by molar-refractivity contribution is -0.141. The molecule has 0 bridgehead atoms. The summed E-state index contributed by atoms with van der Waals surface area (Å²) >= 11 is 0. The molecule has 0 amide bonds. The van der Waals surface area contributed by atoms with Crippen molar-refractivity contribution < 1.29 is 18.3 Å². The number of rotatable bonds is 2. The molecule has 0 spiro atoms. The van der Waals surface area contributed by atoms with Crippen molar-refractivity contribution in [2.75, 3.05) is 0 Å². The summed E-state index contributed by atoms with van der Waals surface area (Å²) in [7, 11) is 1.48. The van der Waals surface area contributed by atoms with E-state index in [0.717, 1.165) is 11.1 Å². The van der Waals surface area contributed by atoms with E-state index in [1.807, 2.05) is 0 Å². The van der Waals surface area contributed by atoms with Crippen LogP contribution < -0.4 is 0 Å². The molecule has 16 heavy (non-hydrogen) atoms. The van der Waals surface area contributed by atoms with Gasteiger partial charge in [-0.25, -0.2) is 8.42 Å². The summed E-state index contributed by atoms with van der Waals surface area (Å²) in [4.78, 5) is 10.8. The summed E-state index contributed by atoms with van der Waals surface area (Å²) in [5.74, 6) is -1.31. The minimum atomic E-state index is -3.74. The number of carboxylic acid groups (broad SMARTS) is 1. The lowest BCUT2D eigenvalue weighted by Crippen LogP contribution is -2.12. The summed E-state index contributed by atoms with van der Waals surface area (Å²) in [6.07, 6.45) is 0.818. The number of fused-ring (bicyclic) bond motifs is 1. The molecule has 1 aliphatic carbocycles. The van der Waals surface area contributed by atoms with E-state index >= 15 is 0 Å². The summed E-state index contributed by atoms with van der Waals surface area (Å²) < 4.78 is 22.2. The minimum Gasteiger partial charge on any atom is -0.481 e. The molecular formula is C10H9ClO4S. The van der Waals surface area contributed by atoms with Crippen molar-refractivity contribution in [1.29, 1.82) is 0 Å². The quantitative estimate of drug-likeness (QED) is 0.816. The Bertz CT molecular complexity index is 550. The van der Waals surface area contributed by atoms with Gasteiger partial charge in [-0.1, -0.05) is 6.07 Å². The topological polar surface area (TPSA) is 71.4 Å². The van der Waals surface area contributed by atoms with Crippen LogP contribution in [0.15, 0.2) is 23.1 Å². The fourth-order valence-electron chi connectivity index (χ4n) is 1.92. The van der Waals surface area contributed by atoms with Gasteiger partial charge in [-0.05, 0) is 36.1 Å². The maximum atomic E-state index is 11.1. The van der Waals surface area contributed by atoms with Crippen molar-refractivity contribution in [3.63, 3.8) is 0 Å². The van der Waals surface area contributed by atoms with Gasteiger partial charge in [0.2, 0.25) is 0 Å². The third-order valence-electron chi connectivity index (χ3n) is 2.74. The first-order chi connectivity index (χ1) is 7.38. The van der Waals surface area contributed by atoms with E-state index in [2.05, 4.69) is 0 Å². The molecule has 1 atom stereocenters. The first-order valence-electron chi connectivity index (χ1n) is 4.67. The maximum Gasteiger partial charge on any atom is 0.307 e. The molecule has 1 aromatic carbocycles. The third-order valence-corrected chi connectivity index (χ3v) is 4.09. The molecule has 0 radical (unpaired) electrons. The van der Waals surface area contributed by atoms with E-state index < -0.39 is 20.9 Å². The fraction of sp³-hybridized carbons (Fsp3) is 0.300. The molecule has 0 aliphatic heterocycles. The molecule has 86 valence electrons. The van der Waals surface area contributed by atoms with Gasteiger partial charge < -0.3 is 5.11 Å². The van der Waals surface area contributed by atoms with E-state index in [1.54, 1.807) is 6.07 Å². The summed E-state index contributed by atoms with van der Waals surface area (Å²) in [5, 5.41) is 8.87. The van der Waals surface area contributed by atoms with Gasteiger partial charge in [0.05, 0.1) is 10.8 Å². The summed E-state index contributed by atoms with van der Waals surface area (Å²) in [5.41, 5.74) is 1.64. The Balaban J connectivity index is 2.39. The van der Waals surface area contributed by atoms with Crippen LogP contribution in [0.3, 0.4) is 0 Å². The maximum absolute atomic E-state index is 11.1. The van der Waals surface area contributed by atoms with E-state index in [1.165, 1.54) is 12.1 Å². The Labute approximate surface area is 97.3 Å². The van der Waals surface area contributed by atoms with E-state index in [4.69, 9.17) is 15.8 Å². The monoisotopic (exact) mass is 260 g/mol. The average Bonchev–Trinajstić information content (AvgIpc) is 2.58. The molecule has 0 heterocycles. The summed E-state index contributed by atoms with van der Waals surface area (Å²) in [6, 6.07) is 4.50. The molecule has 0 saturated heterocycles. The van der Waals surface area contributed by atoms with E-state index in [0.29, 0.717) is 12.8 Å². The highest BCUT2D eigenvalue weighted by atomic mass is 35.7. The van der Waals surface area contributed by atoms with Crippen molar-refractivity contribution in [3.8, 4) is 0 Å². The second-order valence-corrected chi connectivity index (χ2v) is 6.38. The number of hydrogen-bond acceptors (Lipinski definition) is 3. The van der Waals surface area contributed by atoms with Gasteiger partial charge >= 0.3 is 5.97 Å². The van der Waals surface area contributed by atoms with Crippen molar-refractivity contribution in [2.45, 2.75) is 17.7 Å². The largest absolute Gasteiger partial charge is 0.481 e. The van der Waals surface area contributed by atoms with Crippen LogP contribution in [-0.4, -0.2) is 19.5 Å².